The fraction of sp³-hybridized carbons (Fsp3) is 0.261. The highest BCUT2D eigenvalue weighted by Crippen LogP contribution is 2.36. The topological polar surface area (TPSA) is 58.1 Å². The third-order valence-corrected chi connectivity index (χ3v) is 5.37. The molecule has 0 bridgehead atoms. The average Bonchev–Trinajstić information content (AvgIpc) is 2.79. The van der Waals surface area contributed by atoms with Gasteiger partial charge in [-0.3, -0.25) is 9.78 Å². The molecule has 1 amide bonds. The van der Waals surface area contributed by atoms with Crippen molar-refractivity contribution in [1.29, 1.82) is 0 Å². The van der Waals surface area contributed by atoms with Gasteiger partial charge in [0.05, 0.1) is 16.8 Å². The molecule has 1 aliphatic rings. The lowest BCUT2D eigenvalue weighted by molar-refractivity contribution is -0.137. The van der Waals surface area contributed by atoms with Crippen molar-refractivity contribution in [3.63, 3.8) is 0 Å². The normalized spacial score (nSPS) is 14.9. The summed E-state index contributed by atoms with van der Waals surface area (Å²) in [5.41, 5.74) is 0.755. The van der Waals surface area contributed by atoms with Crippen LogP contribution in [0.1, 0.15) is 28.8 Å². The van der Waals surface area contributed by atoms with Crippen LogP contribution >= 0.6 is 0 Å². The van der Waals surface area contributed by atoms with Gasteiger partial charge >= 0.3 is 6.18 Å². The van der Waals surface area contributed by atoms with E-state index in [0.29, 0.717) is 42.8 Å². The molecule has 0 atom stereocenters. The fourth-order valence-electron chi connectivity index (χ4n) is 3.72. The van der Waals surface area contributed by atoms with Gasteiger partial charge in [-0.2, -0.15) is 13.2 Å². The van der Waals surface area contributed by atoms with Crippen molar-refractivity contribution in [1.82, 2.24) is 15.3 Å². The molecule has 0 radical (unpaired) electrons. The lowest BCUT2D eigenvalue weighted by Crippen LogP contribution is -2.45. The first kappa shape index (κ1) is 21.7. The highest BCUT2D eigenvalue weighted by atomic mass is 19.4. The number of carbonyl (C=O) groups excluding carboxylic acids is 1. The minimum atomic E-state index is -4.47. The van der Waals surface area contributed by atoms with E-state index in [-0.39, 0.29) is 23.6 Å². The van der Waals surface area contributed by atoms with Gasteiger partial charge in [-0.25, -0.2) is 9.37 Å². The Kier molecular flexibility index (Phi) is 6.07. The summed E-state index contributed by atoms with van der Waals surface area (Å²) in [5, 5.41) is 2.91. The number of piperidine rings is 1. The van der Waals surface area contributed by atoms with Crippen LogP contribution in [0.25, 0.3) is 11.3 Å². The quantitative estimate of drug-likeness (QED) is 0.593. The number of amides is 1. The number of pyridine rings is 2. The number of benzene rings is 1. The summed E-state index contributed by atoms with van der Waals surface area (Å²) < 4.78 is 53.1. The summed E-state index contributed by atoms with van der Waals surface area (Å²) in [4.78, 5) is 22.3. The molecule has 1 aromatic carbocycles. The predicted molar refractivity (Wildman–Crippen MR) is 112 cm³/mol. The summed E-state index contributed by atoms with van der Waals surface area (Å²) in [6, 6.07) is 11.4. The third kappa shape index (κ3) is 4.87. The summed E-state index contributed by atoms with van der Waals surface area (Å²) >= 11 is 0. The van der Waals surface area contributed by atoms with E-state index >= 15 is 0 Å². The lowest BCUT2D eigenvalue weighted by Gasteiger charge is -2.34. The molecule has 1 fully saturated rings. The lowest BCUT2D eigenvalue weighted by atomic mass is 10.0. The maximum atomic E-state index is 13.4. The van der Waals surface area contributed by atoms with Crippen LogP contribution in [0.15, 0.2) is 60.9 Å². The van der Waals surface area contributed by atoms with Crippen molar-refractivity contribution in [3.8, 4) is 11.3 Å². The van der Waals surface area contributed by atoms with Gasteiger partial charge in [-0.05, 0) is 49.2 Å². The van der Waals surface area contributed by atoms with Gasteiger partial charge in [0.2, 0.25) is 0 Å². The Bertz CT molecular complexity index is 1090. The Morgan fingerprint density at radius 2 is 1.81 bits per heavy atom. The van der Waals surface area contributed by atoms with Gasteiger partial charge in [0.25, 0.3) is 5.91 Å². The third-order valence-electron chi connectivity index (χ3n) is 5.37. The van der Waals surface area contributed by atoms with E-state index in [4.69, 9.17) is 0 Å². The Hall–Kier alpha value is -3.49. The van der Waals surface area contributed by atoms with Gasteiger partial charge < -0.3 is 10.2 Å². The van der Waals surface area contributed by atoms with Crippen molar-refractivity contribution in [3.05, 3.63) is 77.9 Å². The van der Waals surface area contributed by atoms with Crippen molar-refractivity contribution in [2.24, 2.45) is 0 Å². The van der Waals surface area contributed by atoms with E-state index < -0.39 is 11.7 Å². The highest BCUT2D eigenvalue weighted by molar-refractivity contribution is 5.94. The number of anilines is 1. The van der Waals surface area contributed by atoms with Crippen molar-refractivity contribution >= 4 is 11.7 Å². The minimum absolute atomic E-state index is 0.0816. The number of aromatic nitrogens is 2. The van der Waals surface area contributed by atoms with Gasteiger partial charge in [-0.1, -0.05) is 12.1 Å². The van der Waals surface area contributed by atoms with E-state index in [0.717, 1.165) is 6.07 Å². The molecule has 1 aliphatic heterocycles. The Morgan fingerprint density at radius 1 is 1.03 bits per heavy atom. The zero-order valence-electron chi connectivity index (χ0n) is 16.9. The van der Waals surface area contributed by atoms with Crippen molar-refractivity contribution in [2.45, 2.75) is 25.1 Å². The van der Waals surface area contributed by atoms with Crippen LogP contribution in [0.2, 0.25) is 0 Å². The van der Waals surface area contributed by atoms with E-state index in [1.54, 1.807) is 29.2 Å². The molecule has 1 N–H and O–H groups in total. The van der Waals surface area contributed by atoms with Gasteiger partial charge in [0.15, 0.2) is 0 Å². The van der Waals surface area contributed by atoms with Crippen LogP contribution in [0.4, 0.5) is 23.4 Å². The van der Waals surface area contributed by atoms with Gasteiger partial charge in [-0.15, -0.1) is 0 Å². The molecule has 2 aromatic heterocycles. The monoisotopic (exact) mass is 444 g/mol. The second-order valence-electron chi connectivity index (χ2n) is 7.55. The van der Waals surface area contributed by atoms with Gasteiger partial charge in [0, 0.05) is 37.1 Å². The number of alkyl halides is 3. The second kappa shape index (κ2) is 8.94. The number of rotatable bonds is 4. The summed E-state index contributed by atoms with van der Waals surface area (Å²) in [6.07, 6.45) is -0.713. The van der Waals surface area contributed by atoms with Crippen LogP contribution in [0, 0.1) is 5.82 Å². The van der Waals surface area contributed by atoms with E-state index in [1.807, 2.05) is 0 Å². The van der Waals surface area contributed by atoms with Crippen LogP contribution < -0.4 is 10.2 Å². The molecule has 3 heterocycles. The number of hydrogen-bond donors (Lipinski definition) is 1. The number of halogens is 4. The second-order valence-corrected chi connectivity index (χ2v) is 7.55. The average molecular weight is 444 g/mol. The van der Waals surface area contributed by atoms with Crippen molar-refractivity contribution < 1.29 is 22.4 Å². The molecule has 3 aromatic rings. The smallest absolute Gasteiger partial charge is 0.356 e. The first-order chi connectivity index (χ1) is 15.3. The zero-order valence-corrected chi connectivity index (χ0v) is 16.9. The number of nitrogens with zero attached hydrogens (tertiary/aromatic N) is 3. The van der Waals surface area contributed by atoms with Crippen LogP contribution in [-0.2, 0) is 6.18 Å². The molecular formula is C23H20F4N4O. The molecule has 0 saturated carbocycles. The summed E-state index contributed by atoms with van der Waals surface area (Å²) in [5.74, 6) is -0.761. The largest absolute Gasteiger partial charge is 0.419 e. The molecule has 1 saturated heterocycles. The van der Waals surface area contributed by atoms with Crippen LogP contribution in [0.5, 0.6) is 0 Å². The zero-order chi connectivity index (χ0) is 22.7. The maximum Gasteiger partial charge on any atom is 0.419 e. The molecular weight excluding hydrogens is 424 g/mol. The first-order valence-electron chi connectivity index (χ1n) is 10.1. The molecule has 166 valence electrons. The first-order valence-corrected chi connectivity index (χ1v) is 10.1. The number of nitrogens with one attached hydrogen (secondary N) is 1. The SMILES string of the molecule is O=C(NC1CCN(c2ncccc2C(F)(F)F)CC1)c1ccc(-c2cccc(F)c2)nc1. The van der Waals surface area contributed by atoms with Crippen molar-refractivity contribution in [2.75, 3.05) is 18.0 Å². The predicted octanol–water partition coefficient (Wildman–Crippen LogP) is 4.70. The fourth-order valence-corrected chi connectivity index (χ4v) is 3.72. The number of hydrogen-bond acceptors (Lipinski definition) is 4. The van der Waals surface area contributed by atoms with E-state index in [2.05, 4.69) is 15.3 Å². The molecule has 9 heteroatoms. The minimum Gasteiger partial charge on any atom is -0.356 e. The molecule has 5 nitrogen and oxygen atoms in total. The molecule has 0 aliphatic carbocycles. The summed E-state index contributed by atoms with van der Waals surface area (Å²) in [7, 11) is 0. The Balaban J connectivity index is 1.36. The van der Waals surface area contributed by atoms with Crippen LogP contribution in [0.3, 0.4) is 0 Å². The Labute approximate surface area is 182 Å². The van der Waals surface area contributed by atoms with E-state index in [9.17, 15) is 22.4 Å². The molecule has 0 unspecified atom stereocenters. The molecule has 4 rings (SSSR count). The standard InChI is InChI=1S/C23H20F4N4O/c24-17-4-1-3-15(13-17)20-7-6-16(14-29-20)22(32)30-18-8-11-31(12-9-18)21-19(23(25,26)27)5-2-10-28-21/h1-7,10,13-14,18H,8-9,11-12H2,(H,30,32). The molecule has 0 spiro atoms. The van der Waals surface area contributed by atoms with Crippen LogP contribution in [-0.4, -0.2) is 35.0 Å². The Morgan fingerprint density at radius 3 is 2.47 bits per heavy atom. The van der Waals surface area contributed by atoms with E-state index in [1.165, 1.54) is 30.6 Å². The van der Waals surface area contributed by atoms with Gasteiger partial charge in [0.1, 0.15) is 11.6 Å². The summed E-state index contributed by atoms with van der Waals surface area (Å²) in [6.45, 7) is 0.698. The number of carbonyl (C=O) groups is 1. The molecule has 32 heavy (non-hydrogen) atoms. The highest BCUT2D eigenvalue weighted by Gasteiger charge is 2.36. The maximum absolute atomic E-state index is 13.4.